The molecule has 0 unspecified atom stereocenters. The fourth-order valence-electron chi connectivity index (χ4n) is 3.81. The van der Waals surface area contributed by atoms with E-state index in [4.69, 9.17) is 10.5 Å². The summed E-state index contributed by atoms with van der Waals surface area (Å²) in [6.45, 7) is 1.42. The highest BCUT2D eigenvalue weighted by molar-refractivity contribution is 6.13. The van der Waals surface area contributed by atoms with Crippen molar-refractivity contribution in [1.29, 1.82) is 0 Å². The summed E-state index contributed by atoms with van der Waals surface area (Å²) >= 11 is 0. The third kappa shape index (κ3) is 3.43. The number of nitrogen functional groups attached to an aromatic ring is 1. The van der Waals surface area contributed by atoms with Gasteiger partial charge < -0.3 is 10.5 Å². The van der Waals surface area contributed by atoms with Gasteiger partial charge >= 0.3 is 5.97 Å². The number of nitrogens with one attached hydrogen (secondary N) is 1. The van der Waals surface area contributed by atoms with Gasteiger partial charge in [0, 0.05) is 12.1 Å². The van der Waals surface area contributed by atoms with Crippen molar-refractivity contribution in [2.75, 3.05) is 5.73 Å². The first kappa shape index (κ1) is 20.3. The summed E-state index contributed by atoms with van der Waals surface area (Å²) in [5.74, 6) is -2.24. The predicted molar refractivity (Wildman–Crippen MR) is 112 cm³/mol. The van der Waals surface area contributed by atoms with E-state index in [1.54, 1.807) is 30.3 Å². The van der Waals surface area contributed by atoms with E-state index in [-0.39, 0.29) is 30.7 Å². The van der Waals surface area contributed by atoms with Crippen LogP contribution < -0.4 is 16.6 Å². The molecule has 3 aromatic rings. The first-order chi connectivity index (χ1) is 14.8. The van der Waals surface area contributed by atoms with Gasteiger partial charge in [-0.15, -0.1) is 0 Å². The van der Waals surface area contributed by atoms with E-state index < -0.39 is 28.9 Å². The first-order valence-electron chi connectivity index (χ1n) is 9.68. The zero-order valence-corrected chi connectivity index (χ0v) is 16.8. The van der Waals surface area contributed by atoms with Gasteiger partial charge in [0.15, 0.2) is 0 Å². The molecule has 0 aliphatic carbocycles. The number of aryl methyl sites for hydroxylation is 1. The number of hydrogen-bond acceptors (Lipinski definition) is 7. The van der Waals surface area contributed by atoms with Gasteiger partial charge in [-0.05, 0) is 37.1 Å². The van der Waals surface area contributed by atoms with Crippen LogP contribution in [0.1, 0.15) is 24.2 Å². The van der Waals surface area contributed by atoms with Crippen molar-refractivity contribution >= 4 is 34.4 Å². The molecule has 1 fully saturated rings. The lowest BCUT2D eigenvalue weighted by Crippen LogP contribution is -2.62. The molecule has 2 amide bonds. The second-order valence-electron chi connectivity index (χ2n) is 7.38. The molecule has 0 bridgehead atoms. The summed E-state index contributed by atoms with van der Waals surface area (Å²) in [7, 11) is 0. The molecular weight excluding hydrogens is 400 g/mol. The van der Waals surface area contributed by atoms with E-state index in [0.29, 0.717) is 11.2 Å². The van der Waals surface area contributed by atoms with Crippen LogP contribution in [0.15, 0.2) is 53.3 Å². The number of esters is 1. The Morgan fingerprint density at radius 3 is 2.65 bits per heavy atom. The molecule has 9 heteroatoms. The molecule has 158 valence electrons. The molecule has 1 saturated heterocycles. The zero-order chi connectivity index (χ0) is 22.2. The number of carbonyl (C=O) groups is 3. The summed E-state index contributed by atoms with van der Waals surface area (Å²) < 4.78 is 6.48. The maximum absolute atomic E-state index is 13.4. The molecule has 1 atom stereocenters. The lowest BCUT2D eigenvalue weighted by Gasteiger charge is -2.35. The Morgan fingerprint density at radius 1 is 1.19 bits per heavy atom. The van der Waals surface area contributed by atoms with Crippen molar-refractivity contribution in [3.8, 4) is 0 Å². The average Bonchev–Trinajstić information content (AvgIpc) is 2.74. The molecule has 0 saturated carbocycles. The molecule has 1 aliphatic heterocycles. The monoisotopic (exact) mass is 420 g/mol. The molecule has 0 radical (unpaired) electrons. The number of hydrogen-bond donors (Lipinski definition) is 2. The summed E-state index contributed by atoms with van der Waals surface area (Å²) in [6, 6.07) is 13.5. The van der Waals surface area contributed by atoms with Crippen LogP contribution >= 0.6 is 0 Å². The Morgan fingerprint density at radius 2 is 1.94 bits per heavy atom. The molecule has 1 aromatic heterocycles. The van der Waals surface area contributed by atoms with Crippen LogP contribution in [0.3, 0.4) is 0 Å². The van der Waals surface area contributed by atoms with Gasteiger partial charge in [-0.25, -0.2) is 9.78 Å². The van der Waals surface area contributed by atoms with Crippen molar-refractivity contribution in [1.82, 2.24) is 14.9 Å². The minimum atomic E-state index is -2.05. The van der Waals surface area contributed by atoms with Crippen molar-refractivity contribution in [3.05, 3.63) is 70.3 Å². The Balaban J connectivity index is 1.85. The van der Waals surface area contributed by atoms with Crippen LogP contribution in [0.5, 0.6) is 0 Å². The Kier molecular flexibility index (Phi) is 5.02. The number of anilines is 1. The number of nitrogens with zero attached hydrogens (tertiary/aromatic N) is 2. The summed E-state index contributed by atoms with van der Waals surface area (Å²) in [5.41, 5.74) is 4.63. The van der Waals surface area contributed by atoms with Gasteiger partial charge in [-0.2, -0.15) is 0 Å². The van der Waals surface area contributed by atoms with Crippen LogP contribution in [-0.4, -0.2) is 27.3 Å². The van der Waals surface area contributed by atoms with Crippen molar-refractivity contribution in [3.63, 3.8) is 0 Å². The minimum absolute atomic E-state index is 0.0893. The number of aromatic nitrogens is 2. The van der Waals surface area contributed by atoms with Crippen LogP contribution in [0, 0.1) is 6.92 Å². The van der Waals surface area contributed by atoms with Gasteiger partial charge in [0.2, 0.25) is 11.4 Å². The van der Waals surface area contributed by atoms with Gasteiger partial charge in [-0.1, -0.05) is 30.3 Å². The smallest absolute Gasteiger partial charge is 0.342 e. The van der Waals surface area contributed by atoms with E-state index in [1.807, 2.05) is 6.07 Å². The highest BCUT2D eigenvalue weighted by atomic mass is 16.5. The summed E-state index contributed by atoms with van der Waals surface area (Å²) in [6.07, 6.45) is -0.341. The lowest BCUT2D eigenvalue weighted by atomic mass is 9.87. The van der Waals surface area contributed by atoms with Crippen molar-refractivity contribution < 1.29 is 19.1 Å². The van der Waals surface area contributed by atoms with Crippen LogP contribution in [0.2, 0.25) is 0 Å². The molecule has 31 heavy (non-hydrogen) atoms. The molecular formula is C22H20N4O5. The largest absolute Gasteiger partial charge is 0.459 e. The second kappa shape index (κ2) is 7.67. The number of imide groups is 1. The number of rotatable bonds is 4. The van der Waals surface area contributed by atoms with Gasteiger partial charge in [0.05, 0.1) is 10.9 Å². The molecule has 2 heterocycles. The number of carbonyl (C=O) groups excluding carboxylic acids is 3. The topological polar surface area (TPSA) is 133 Å². The lowest BCUT2D eigenvalue weighted by molar-refractivity contribution is -0.164. The number of amides is 2. The van der Waals surface area contributed by atoms with E-state index in [1.165, 1.54) is 19.1 Å². The van der Waals surface area contributed by atoms with Crippen LogP contribution in [0.25, 0.3) is 10.9 Å². The SMILES string of the molecule is Cc1nc2cc(N)ccc2c(=O)n1[C@@]1(C(=O)OCc2ccccc2)CCC(=O)NC1=O. The Labute approximate surface area is 176 Å². The highest BCUT2D eigenvalue weighted by Crippen LogP contribution is 2.30. The Hall–Kier alpha value is -4.01. The number of nitrogens with two attached hydrogens (primary N) is 1. The van der Waals surface area contributed by atoms with Crippen LogP contribution in [-0.2, 0) is 31.3 Å². The third-order valence-electron chi connectivity index (χ3n) is 5.34. The predicted octanol–water partition coefficient (Wildman–Crippen LogP) is 1.16. The van der Waals surface area contributed by atoms with E-state index >= 15 is 0 Å². The maximum atomic E-state index is 13.4. The molecule has 4 rings (SSSR count). The molecule has 9 nitrogen and oxygen atoms in total. The number of piperidine rings is 1. The second-order valence-corrected chi connectivity index (χ2v) is 7.38. The minimum Gasteiger partial charge on any atom is -0.459 e. The van der Waals surface area contributed by atoms with Crippen molar-refractivity contribution in [2.24, 2.45) is 0 Å². The number of fused-ring (bicyclic) bond motifs is 1. The first-order valence-corrected chi connectivity index (χ1v) is 9.68. The molecule has 2 aromatic carbocycles. The fraction of sp³-hybridized carbons (Fsp3) is 0.227. The molecule has 1 aliphatic rings. The maximum Gasteiger partial charge on any atom is 0.342 e. The van der Waals surface area contributed by atoms with Gasteiger partial charge in [-0.3, -0.25) is 24.3 Å². The zero-order valence-electron chi connectivity index (χ0n) is 16.8. The third-order valence-corrected chi connectivity index (χ3v) is 5.34. The van der Waals surface area contributed by atoms with Crippen LogP contribution in [0.4, 0.5) is 5.69 Å². The van der Waals surface area contributed by atoms with Gasteiger partial charge in [0.25, 0.3) is 11.5 Å². The van der Waals surface area contributed by atoms with E-state index in [2.05, 4.69) is 10.3 Å². The summed E-state index contributed by atoms with van der Waals surface area (Å²) in [4.78, 5) is 55.9. The number of benzene rings is 2. The molecule has 0 spiro atoms. The fourth-order valence-corrected chi connectivity index (χ4v) is 3.81. The highest BCUT2D eigenvalue weighted by Gasteiger charge is 2.54. The standard InChI is InChI=1S/C22H20N4O5/c1-13-24-17-11-15(23)7-8-16(17)19(28)26(13)22(10-9-18(27)25-20(22)29)21(30)31-12-14-5-3-2-4-6-14/h2-8,11H,9-10,12,23H2,1H3,(H,25,27,29)/t22-/m0/s1. The number of ether oxygens (including phenoxy) is 1. The normalized spacial score (nSPS) is 18.6. The van der Waals surface area contributed by atoms with Gasteiger partial charge in [0.1, 0.15) is 12.4 Å². The van der Waals surface area contributed by atoms with E-state index in [0.717, 1.165) is 10.1 Å². The quantitative estimate of drug-likeness (QED) is 0.280. The average molecular weight is 420 g/mol. The molecule has 3 N–H and O–H groups in total. The summed E-state index contributed by atoms with van der Waals surface area (Å²) in [5, 5.41) is 2.37. The van der Waals surface area contributed by atoms with Crippen molar-refractivity contribution in [2.45, 2.75) is 31.9 Å². The van der Waals surface area contributed by atoms with E-state index in [9.17, 15) is 19.2 Å². The Bertz CT molecular complexity index is 1270.